The number of benzene rings is 3. The molecule has 1 heterocycles. The molecule has 144 valence electrons. The van der Waals surface area contributed by atoms with Gasteiger partial charge in [0, 0.05) is 26.7 Å². The smallest absolute Gasteiger partial charge is 0.256 e. The number of aromatic nitrogens is 1. The second-order valence-electron chi connectivity index (χ2n) is 6.28. The lowest BCUT2D eigenvalue weighted by Gasteiger charge is -2.09. The van der Waals surface area contributed by atoms with Gasteiger partial charge in [-0.15, -0.1) is 11.3 Å². The van der Waals surface area contributed by atoms with Crippen LogP contribution in [0.5, 0.6) is 5.75 Å². The van der Waals surface area contributed by atoms with Gasteiger partial charge in [0.25, 0.3) is 5.91 Å². The highest BCUT2D eigenvalue weighted by atomic mass is 79.9. The molecule has 4 rings (SSSR count). The zero-order chi connectivity index (χ0) is 20.2. The number of thiazole rings is 1. The Kier molecular flexibility index (Phi) is 5.74. The molecular formula is C23H17BrN2O2S. The summed E-state index contributed by atoms with van der Waals surface area (Å²) in [5, 5.41) is 5.95. The van der Waals surface area contributed by atoms with Crippen LogP contribution in [0.4, 0.5) is 5.69 Å². The number of hydrogen-bond donors (Lipinski definition) is 1. The van der Waals surface area contributed by atoms with E-state index in [1.807, 2.05) is 47.8 Å². The van der Waals surface area contributed by atoms with Crippen molar-refractivity contribution in [3.05, 3.63) is 88.2 Å². The van der Waals surface area contributed by atoms with E-state index in [0.29, 0.717) is 21.5 Å². The van der Waals surface area contributed by atoms with Gasteiger partial charge in [-0.3, -0.25) is 4.79 Å². The third-order valence-electron chi connectivity index (χ3n) is 4.38. The van der Waals surface area contributed by atoms with Gasteiger partial charge in [0.05, 0.1) is 18.4 Å². The molecule has 3 aromatic carbocycles. The summed E-state index contributed by atoms with van der Waals surface area (Å²) in [4.78, 5) is 17.3. The zero-order valence-electron chi connectivity index (χ0n) is 15.6. The van der Waals surface area contributed by atoms with E-state index in [2.05, 4.69) is 33.4 Å². The van der Waals surface area contributed by atoms with Crippen molar-refractivity contribution in [1.29, 1.82) is 0 Å². The number of amides is 1. The van der Waals surface area contributed by atoms with Gasteiger partial charge in [-0.2, -0.15) is 0 Å². The minimum Gasteiger partial charge on any atom is -0.497 e. The average molecular weight is 465 g/mol. The van der Waals surface area contributed by atoms with Crippen LogP contribution in [-0.2, 0) is 0 Å². The summed E-state index contributed by atoms with van der Waals surface area (Å²) in [7, 11) is 1.57. The monoisotopic (exact) mass is 464 g/mol. The Bertz CT molecular complexity index is 1140. The number of methoxy groups -OCH3 is 1. The topological polar surface area (TPSA) is 51.2 Å². The van der Waals surface area contributed by atoms with Crippen LogP contribution < -0.4 is 10.1 Å². The van der Waals surface area contributed by atoms with Gasteiger partial charge in [0.2, 0.25) is 0 Å². The maximum absolute atomic E-state index is 12.6. The molecule has 4 aromatic rings. The number of nitrogens with zero attached hydrogens (tertiary/aromatic N) is 1. The van der Waals surface area contributed by atoms with E-state index < -0.39 is 0 Å². The van der Waals surface area contributed by atoms with E-state index in [9.17, 15) is 4.79 Å². The summed E-state index contributed by atoms with van der Waals surface area (Å²) in [6.45, 7) is 0. The normalized spacial score (nSPS) is 10.6. The Balaban J connectivity index is 1.50. The highest BCUT2D eigenvalue weighted by Crippen LogP contribution is 2.29. The van der Waals surface area contributed by atoms with Crippen molar-refractivity contribution in [2.24, 2.45) is 0 Å². The van der Waals surface area contributed by atoms with Crippen molar-refractivity contribution in [2.75, 3.05) is 12.4 Å². The van der Waals surface area contributed by atoms with E-state index in [-0.39, 0.29) is 5.91 Å². The molecule has 29 heavy (non-hydrogen) atoms. The first-order chi connectivity index (χ1) is 14.1. The van der Waals surface area contributed by atoms with Gasteiger partial charge < -0.3 is 10.1 Å². The van der Waals surface area contributed by atoms with Crippen molar-refractivity contribution in [2.45, 2.75) is 0 Å². The van der Waals surface area contributed by atoms with E-state index in [1.54, 1.807) is 36.6 Å². The molecule has 1 amide bonds. The molecule has 0 unspecified atom stereocenters. The summed E-state index contributed by atoms with van der Waals surface area (Å²) in [5.41, 5.74) is 4.26. The molecule has 0 bridgehead atoms. The predicted molar refractivity (Wildman–Crippen MR) is 122 cm³/mol. The number of carbonyl (C=O) groups is 1. The van der Waals surface area contributed by atoms with Crippen LogP contribution in [0, 0.1) is 0 Å². The molecule has 4 nitrogen and oxygen atoms in total. The van der Waals surface area contributed by atoms with E-state index in [1.165, 1.54) is 0 Å². The summed E-state index contributed by atoms with van der Waals surface area (Å²) >= 11 is 5.03. The number of ether oxygens (including phenoxy) is 1. The Morgan fingerprint density at radius 3 is 2.48 bits per heavy atom. The third kappa shape index (κ3) is 4.39. The number of carbonyl (C=O) groups excluding carboxylic acids is 1. The van der Waals surface area contributed by atoms with Crippen LogP contribution in [0.25, 0.3) is 21.8 Å². The second kappa shape index (κ2) is 8.59. The molecule has 0 aliphatic carbocycles. The molecular weight excluding hydrogens is 448 g/mol. The quantitative estimate of drug-likeness (QED) is 0.366. The molecule has 6 heteroatoms. The minimum absolute atomic E-state index is 0.205. The van der Waals surface area contributed by atoms with Crippen LogP contribution in [0.3, 0.4) is 0 Å². The van der Waals surface area contributed by atoms with Gasteiger partial charge in [-0.1, -0.05) is 42.5 Å². The van der Waals surface area contributed by atoms with Crippen molar-refractivity contribution in [1.82, 2.24) is 4.98 Å². The van der Waals surface area contributed by atoms with Crippen molar-refractivity contribution in [3.8, 4) is 27.6 Å². The maximum Gasteiger partial charge on any atom is 0.256 e. The Morgan fingerprint density at radius 2 is 1.76 bits per heavy atom. The molecule has 0 radical (unpaired) electrons. The van der Waals surface area contributed by atoms with E-state index in [4.69, 9.17) is 9.72 Å². The molecule has 0 spiro atoms. The zero-order valence-corrected chi connectivity index (χ0v) is 18.0. The first kappa shape index (κ1) is 19.4. The van der Waals surface area contributed by atoms with Crippen LogP contribution >= 0.6 is 27.3 Å². The molecule has 1 aromatic heterocycles. The fraction of sp³-hybridized carbons (Fsp3) is 0.0435. The largest absolute Gasteiger partial charge is 0.497 e. The van der Waals surface area contributed by atoms with Gasteiger partial charge in [-0.25, -0.2) is 4.98 Å². The molecule has 0 saturated heterocycles. The maximum atomic E-state index is 12.6. The van der Waals surface area contributed by atoms with Gasteiger partial charge in [-0.05, 0) is 46.3 Å². The van der Waals surface area contributed by atoms with Crippen molar-refractivity contribution < 1.29 is 9.53 Å². The molecule has 0 fully saturated rings. The average Bonchev–Trinajstić information content (AvgIpc) is 3.25. The minimum atomic E-state index is -0.205. The summed E-state index contributed by atoms with van der Waals surface area (Å²) in [6.07, 6.45) is 0. The van der Waals surface area contributed by atoms with Gasteiger partial charge >= 0.3 is 0 Å². The Morgan fingerprint density at radius 1 is 1.00 bits per heavy atom. The lowest BCUT2D eigenvalue weighted by Crippen LogP contribution is -2.12. The number of anilines is 1. The van der Waals surface area contributed by atoms with E-state index >= 15 is 0 Å². The molecule has 0 aliphatic rings. The first-order valence-electron chi connectivity index (χ1n) is 8.90. The van der Waals surface area contributed by atoms with Crippen LogP contribution in [0.1, 0.15) is 10.4 Å². The fourth-order valence-electron chi connectivity index (χ4n) is 2.85. The number of halogens is 1. The number of nitrogens with one attached hydrogen (secondary N) is 1. The van der Waals surface area contributed by atoms with E-state index in [0.717, 1.165) is 21.8 Å². The van der Waals surface area contributed by atoms with Crippen LogP contribution in [0.2, 0.25) is 0 Å². The molecule has 0 atom stereocenters. The fourth-order valence-corrected chi connectivity index (χ4v) is 4.11. The molecule has 1 N–H and O–H groups in total. The summed E-state index contributed by atoms with van der Waals surface area (Å²) in [5.74, 6) is 0.426. The van der Waals surface area contributed by atoms with Crippen molar-refractivity contribution >= 4 is 38.9 Å². The highest BCUT2D eigenvalue weighted by Gasteiger charge is 2.12. The van der Waals surface area contributed by atoms with Gasteiger partial charge in [0.15, 0.2) is 0 Å². The lowest BCUT2D eigenvalue weighted by atomic mass is 10.1. The first-order valence-corrected chi connectivity index (χ1v) is 10.6. The van der Waals surface area contributed by atoms with Gasteiger partial charge in [0.1, 0.15) is 10.8 Å². The third-order valence-corrected chi connectivity index (χ3v) is 5.96. The lowest BCUT2D eigenvalue weighted by molar-refractivity contribution is 0.102. The SMILES string of the molecule is COc1ccc(Br)c(C(=O)Nc2ccc(-c3csc(-c4ccccc4)n3)cc2)c1. The molecule has 0 aliphatic heterocycles. The van der Waals surface area contributed by atoms with Crippen LogP contribution in [-0.4, -0.2) is 18.0 Å². The Labute approximate surface area is 181 Å². The second-order valence-corrected chi connectivity index (χ2v) is 7.99. The van der Waals surface area contributed by atoms with Crippen LogP contribution in [0.15, 0.2) is 82.6 Å². The standard InChI is InChI=1S/C23H17BrN2O2S/c1-28-18-11-12-20(24)19(13-18)22(27)25-17-9-7-15(8-10-17)21-14-29-23(26-21)16-5-3-2-4-6-16/h2-14H,1H3,(H,25,27). The molecule has 0 saturated carbocycles. The summed E-state index contributed by atoms with van der Waals surface area (Å²) in [6, 6.07) is 23.1. The Hall–Kier alpha value is -2.96. The van der Waals surface area contributed by atoms with Crippen molar-refractivity contribution in [3.63, 3.8) is 0 Å². The highest BCUT2D eigenvalue weighted by molar-refractivity contribution is 9.10. The summed E-state index contributed by atoms with van der Waals surface area (Å²) < 4.78 is 5.91. The predicted octanol–water partition coefficient (Wildman–Crippen LogP) is 6.50. The number of hydrogen-bond acceptors (Lipinski definition) is 4. The number of rotatable bonds is 5.